The number of amides is 1. The average Bonchev–Trinajstić information content (AvgIpc) is 2.97. The molecule has 166 valence electrons. The van der Waals surface area contributed by atoms with Gasteiger partial charge in [-0.15, -0.1) is 0 Å². The van der Waals surface area contributed by atoms with E-state index in [2.05, 4.69) is 10.5 Å². The Kier molecular flexibility index (Phi) is 6.80. The Labute approximate surface area is 187 Å². The molecule has 3 aromatic rings. The number of nitrogens with zero attached hydrogens (tertiary/aromatic N) is 1. The van der Waals surface area contributed by atoms with Crippen LogP contribution in [0.25, 0.3) is 0 Å². The van der Waals surface area contributed by atoms with Crippen LogP contribution in [0.15, 0.2) is 66.9 Å². The SMILES string of the molecule is CC1(C)OCc2cnc(C(=O)NOCc3ccccc3)c(OCc3ccccc3)c2CO1. The number of carbonyl (C=O) groups excluding carboxylic acids is 1. The van der Waals surface area contributed by atoms with Gasteiger partial charge in [0.15, 0.2) is 17.2 Å². The number of fused-ring (bicyclic) bond motifs is 1. The van der Waals surface area contributed by atoms with Crippen molar-refractivity contribution in [1.82, 2.24) is 10.5 Å². The highest BCUT2D eigenvalue weighted by molar-refractivity contribution is 5.94. The molecule has 0 bridgehead atoms. The van der Waals surface area contributed by atoms with Crippen molar-refractivity contribution >= 4 is 5.91 Å². The molecule has 1 aromatic heterocycles. The standard InChI is InChI=1S/C25H26N2O5/c1-25(2)30-16-20-13-26-22(24(28)27-32-15-19-11-7-4-8-12-19)23(21(20)17-31-25)29-14-18-9-5-3-6-10-18/h3-13H,14-17H2,1-2H3,(H,27,28). The first kappa shape index (κ1) is 22.0. The molecule has 0 saturated carbocycles. The molecule has 7 heteroatoms. The van der Waals surface area contributed by atoms with E-state index in [4.69, 9.17) is 19.0 Å². The van der Waals surface area contributed by atoms with Gasteiger partial charge in [-0.25, -0.2) is 10.5 Å². The van der Waals surface area contributed by atoms with E-state index in [1.807, 2.05) is 74.5 Å². The summed E-state index contributed by atoms with van der Waals surface area (Å²) in [5.41, 5.74) is 6.09. The van der Waals surface area contributed by atoms with E-state index in [1.54, 1.807) is 6.20 Å². The maximum absolute atomic E-state index is 12.9. The Morgan fingerprint density at radius 1 is 0.969 bits per heavy atom. The second-order valence-corrected chi connectivity index (χ2v) is 7.90. The maximum atomic E-state index is 12.9. The molecule has 2 heterocycles. The van der Waals surface area contributed by atoms with E-state index in [1.165, 1.54) is 0 Å². The van der Waals surface area contributed by atoms with E-state index >= 15 is 0 Å². The molecule has 2 aromatic carbocycles. The van der Waals surface area contributed by atoms with Gasteiger partial charge in [-0.3, -0.25) is 9.63 Å². The summed E-state index contributed by atoms with van der Waals surface area (Å²) in [6.45, 7) is 4.77. The van der Waals surface area contributed by atoms with Gasteiger partial charge in [0.05, 0.1) is 19.8 Å². The molecule has 0 radical (unpaired) electrons. The predicted molar refractivity (Wildman–Crippen MR) is 117 cm³/mol. The monoisotopic (exact) mass is 434 g/mol. The number of carbonyl (C=O) groups is 1. The van der Waals surface area contributed by atoms with Crippen LogP contribution in [-0.4, -0.2) is 16.7 Å². The summed E-state index contributed by atoms with van der Waals surface area (Å²) in [4.78, 5) is 22.7. The zero-order valence-electron chi connectivity index (χ0n) is 18.2. The summed E-state index contributed by atoms with van der Waals surface area (Å²) in [6, 6.07) is 19.3. The van der Waals surface area contributed by atoms with E-state index in [9.17, 15) is 4.79 Å². The fourth-order valence-electron chi connectivity index (χ4n) is 3.24. The second kappa shape index (κ2) is 9.91. The van der Waals surface area contributed by atoms with Crippen LogP contribution >= 0.6 is 0 Å². The summed E-state index contributed by atoms with van der Waals surface area (Å²) >= 11 is 0. The Bertz CT molecular complexity index is 1050. The van der Waals surface area contributed by atoms with E-state index in [-0.39, 0.29) is 25.5 Å². The van der Waals surface area contributed by atoms with Crippen molar-refractivity contribution in [2.24, 2.45) is 0 Å². The third-order valence-corrected chi connectivity index (χ3v) is 5.05. The van der Waals surface area contributed by atoms with Crippen LogP contribution < -0.4 is 10.2 Å². The van der Waals surface area contributed by atoms with E-state index in [0.717, 1.165) is 22.3 Å². The number of hydroxylamine groups is 1. The minimum absolute atomic E-state index is 0.135. The quantitative estimate of drug-likeness (QED) is 0.559. The number of benzene rings is 2. The molecule has 1 aliphatic rings. The third-order valence-electron chi connectivity index (χ3n) is 5.05. The first-order valence-corrected chi connectivity index (χ1v) is 10.4. The Morgan fingerprint density at radius 2 is 1.59 bits per heavy atom. The lowest BCUT2D eigenvalue weighted by Gasteiger charge is -2.22. The summed E-state index contributed by atoms with van der Waals surface area (Å²) in [6.07, 6.45) is 1.63. The molecule has 0 saturated heterocycles. The number of ether oxygens (including phenoxy) is 3. The van der Waals surface area contributed by atoms with Crippen LogP contribution in [0, 0.1) is 0 Å². The molecule has 1 aliphatic heterocycles. The highest BCUT2D eigenvalue weighted by Crippen LogP contribution is 2.33. The lowest BCUT2D eigenvalue weighted by atomic mass is 10.1. The molecule has 0 atom stereocenters. The lowest BCUT2D eigenvalue weighted by molar-refractivity contribution is -0.219. The van der Waals surface area contributed by atoms with Crippen molar-refractivity contribution in [2.45, 2.75) is 46.1 Å². The second-order valence-electron chi connectivity index (χ2n) is 7.90. The van der Waals surface area contributed by atoms with Gasteiger partial charge in [0.1, 0.15) is 6.61 Å². The third kappa shape index (κ3) is 5.50. The Balaban J connectivity index is 1.56. The molecule has 1 N–H and O–H groups in total. The van der Waals surface area contributed by atoms with Crippen molar-refractivity contribution in [3.63, 3.8) is 0 Å². The van der Waals surface area contributed by atoms with Crippen molar-refractivity contribution < 1.29 is 23.8 Å². The fourth-order valence-corrected chi connectivity index (χ4v) is 3.24. The van der Waals surface area contributed by atoms with Gasteiger partial charge in [-0.1, -0.05) is 60.7 Å². The van der Waals surface area contributed by atoms with Crippen LogP contribution in [-0.2, 0) is 40.7 Å². The first-order valence-electron chi connectivity index (χ1n) is 10.4. The van der Waals surface area contributed by atoms with Gasteiger partial charge in [-0.05, 0) is 25.0 Å². The van der Waals surface area contributed by atoms with Crippen molar-refractivity contribution in [3.8, 4) is 5.75 Å². The number of aromatic nitrogens is 1. The number of hydrogen-bond donors (Lipinski definition) is 1. The van der Waals surface area contributed by atoms with Crippen LogP contribution in [0.4, 0.5) is 0 Å². The van der Waals surface area contributed by atoms with Crippen LogP contribution in [0.3, 0.4) is 0 Å². The van der Waals surface area contributed by atoms with Crippen LogP contribution in [0.5, 0.6) is 5.75 Å². The van der Waals surface area contributed by atoms with Crippen molar-refractivity contribution in [3.05, 3.63) is 94.8 Å². The minimum Gasteiger partial charge on any atom is -0.486 e. The number of nitrogens with one attached hydrogen (secondary N) is 1. The van der Waals surface area contributed by atoms with Gasteiger partial charge < -0.3 is 14.2 Å². The smallest absolute Gasteiger partial charge is 0.297 e. The largest absolute Gasteiger partial charge is 0.486 e. The minimum atomic E-state index is -0.753. The number of pyridine rings is 1. The van der Waals surface area contributed by atoms with E-state index in [0.29, 0.717) is 12.4 Å². The lowest BCUT2D eigenvalue weighted by Crippen LogP contribution is -2.26. The van der Waals surface area contributed by atoms with Crippen LogP contribution in [0.2, 0.25) is 0 Å². The zero-order chi connectivity index (χ0) is 22.4. The average molecular weight is 434 g/mol. The van der Waals surface area contributed by atoms with Gasteiger partial charge in [0, 0.05) is 17.3 Å². The molecule has 0 fully saturated rings. The van der Waals surface area contributed by atoms with Crippen LogP contribution in [0.1, 0.15) is 46.6 Å². The molecule has 0 aliphatic carbocycles. The maximum Gasteiger partial charge on any atom is 0.297 e. The van der Waals surface area contributed by atoms with E-state index < -0.39 is 11.7 Å². The molecule has 0 unspecified atom stereocenters. The van der Waals surface area contributed by atoms with Gasteiger partial charge in [0.25, 0.3) is 5.91 Å². The first-order chi connectivity index (χ1) is 15.5. The topological polar surface area (TPSA) is 78.9 Å². The molecular weight excluding hydrogens is 408 g/mol. The Morgan fingerprint density at radius 3 is 2.28 bits per heavy atom. The predicted octanol–water partition coefficient (Wildman–Crippen LogP) is 4.31. The fraction of sp³-hybridized carbons (Fsp3) is 0.280. The highest BCUT2D eigenvalue weighted by atomic mass is 16.7. The molecule has 7 nitrogen and oxygen atoms in total. The van der Waals surface area contributed by atoms with Gasteiger partial charge in [-0.2, -0.15) is 0 Å². The summed E-state index contributed by atoms with van der Waals surface area (Å²) in [7, 11) is 0. The normalized spacial score (nSPS) is 14.8. The highest BCUT2D eigenvalue weighted by Gasteiger charge is 2.29. The molecule has 4 rings (SSSR count). The van der Waals surface area contributed by atoms with Crippen molar-refractivity contribution in [1.29, 1.82) is 0 Å². The van der Waals surface area contributed by atoms with Gasteiger partial charge >= 0.3 is 0 Å². The van der Waals surface area contributed by atoms with Gasteiger partial charge in [0.2, 0.25) is 0 Å². The summed E-state index contributed by atoms with van der Waals surface area (Å²) in [5.74, 6) is -0.874. The molecule has 1 amide bonds. The molecule has 0 spiro atoms. The Hall–Kier alpha value is -3.26. The summed E-state index contributed by atoms with van der Waals surface area (Å²) < 4.78 is 17.8. The number of rotatable bonds is 7. The summed E-state index contributed by atoms with van der Waals surface area (Å²) in [5, 5.41) is 0. The zero-order valence-corrected chi connectivity index (χ0v) is 18.2. The molecule has 32 heavy (non-hydrogen) atoms. The molecular formula is C25H26N2O5. The number of hydrogen-bond acceptors (Lipinski definition) is 6. The van der Waals surface area contributed by atoms with Crippen molar-refractivity contribution in [2.75, 3.05) is 0 Å².